The summed E-state index contributed by atoms with van der Waals surface area (Å²) in [5.41, 5.74) is 6.86. The largest absolute Gasteiger partial charge is 0.497 e. The Labute approximate surface area is 155 Å². The Balaban J connectivity index is 1.75. The second-order valence-electron chi connectivity index (χ2n) is 5.03. The van der Waals surface area contributed by atoms with Crippen molar-refractivity contribution in [2.45, 2.75) is 0 Å². The van der Waals surface area contributed by atoms with Crippen molar-refractivity contribution in [2.75, 3.05) is 13.7 Å². The van der Waals surface area contributed by atoms with E-state index in [1.165, 1.54) is 0 Å². The van der Waals surface area contributed by atoms with Gasteiger partial charge in [-0.3, -0.25) is 15.6 Å². The molecule has 0 atom stereocenters. The molecule has 0 bridgehead atoms. The number of ether oxygens (including phenoxy) is 2. The minimum atomic E-state index is -0.322. The highest BCUT2D eigenvalue weighted by molar-refractivity contribution is 9.10. The van der Waals surface area contributed by atoms with E-state index in [2.05, 4.69) is 33.4 Å². The van der Waals surface area contributed by atoms with Crippen LogP contribution in [0.5, 0.6) is 11.5 Å². The first-order valence-electron chi connectivity index (χ1n) is 7.51. The summed E-state index contributed by atoms with van der Waals surface area (Å²) in [5, 5.41) is 0. The summed E-state index contributed by atoms with van der Waals surface area (Å²) in [6.07, 6.45) is 3.67. The summed E-state index contributed by atoms with van der Waals surface area (Å²) < 4.78 is 11.3. The first kappa shape index (κ1) is 18.6. The molecule has 2 N–H and O–H groups in total. The summed E-state index contributed by atoms with van der Waals surface area (Å²) in [6, 6.07) is 15.1. The smallest absolute Gasteiger partial charge is 0.276 e. The Hall–Kier alpha value is -2.73. The molecule has 6 heteroatoms. The van der Waals surface area contributed by atoms with Crippen LogP contribution in [-0.2, 0) is 4.79 Å². The maximum absolute atomic E-state index is 11.8. The Bertz CT molecular complexity index is 761. The maximum Gasteiger partial charge on any atom is 0.276 e. The van der Waals surface area contributed by atoms with Crippen LogP contribution < -0.4 is 20.3 Å². The highest BCUT2D eigenvalue weighted by Crippen LogP contribution is 2.28. The summed E-state index contributed by atoms with van der Waals surface area (Å²) in [5.74, 6) is 0.933. The third kappa shape index (κ3) is 6.35. The molecule has 0 aliphatic heterocycles. The second-order valence-corrected chi connectivity index (χ2v) is 5.88. The highest BCUT2D eigenvalue weighted by atomic mass is 79.9. The third-order valence-electron chi connectivity index (χ3n) is 3.14. The average Bonchev–Trinajstić information content (AvgIpc) is 2.64. The predicted molar refractivity (Wildman–Crippen MR) is 102 cm³/mol. The first-order chi connectivity index (χ1) is 12.1. The van der Waals surface area contributed by atoms with Gasteiger partial charge in [-0.1, -0.05) is 43.0 Å². The molecule has 130 valence electrons. The molecule has 0 unspecified atom stereocenters. The fraction of sp³-hybridized carbons (Fsp3) is 0.105. The standard InChI is InChI=1S/C19H19BrN2O3/c1-14(8-9-15-6-4-3-5-7-15)21-22-19(23)13-25-18-11-10-16(24-2)12-17(18)20/h3-12,21H,1,13H2,2H3,(H,22,23). The van der Waals surface area contributed by atoms with E-state index in [9.17, 15) is 4.79 Å². The molecule has 1 amide bonds. The zero-order chi connectivity index (χ0) is 18.1. The van der Waals surface area contributed by atoms with Gasteiger partial charge in [0.25, 0.3) is 5.91 Å². The van der Waals surface area contributed by atoms with E-state index in [0.717, 1.165) is 5.56 Å². The van der Waals surface area contributed by atoms with Gasteiger partial charge >= 0.3 is 0 Å². The molecule has 0 saturated heterocycles. The molecule has 5 nitrogen and oxygen atoms in total. The summed E-state index contributed by atoms with van der Waals surface area (Å²) in [4.78, 5) is 11.8. The van der Waals surface area contributed by atoms with Gasteiger partial charge in [-0.15, -0.1) is 0 Å². The molecule has 0 saturated carbocycles. The van der Waals surface area contributed by atoms with Gasteiger partial charge in [0.1, 0.15) is 11.5 Å². The monoisotopic (exact) mass is 402 g/mol. The molecule has 2 aromatic rings. The van der Waals surface area contributed by atoms with Gasteiger partial charge in [0.15, 0.2) is 6.61 Å². The van der Waals surface area contributed by atoms with Gasteiger partial charge in [-0.25, -0.2) is 0 Å². The van der Waals surface area contributed by atoms with Crippen molar-refractivity contribution >= 4 is 27.9 Å². The number of rotatable bonds is 8. The van der Waals surface area contributed by atoms with E-state index in [-0.39, 0.29) is 12.5 Å². The number of allylic oxidation sites excluding steroid dienone is 1. The van der Waals surface area contributed by atoms with Crippen LogP contribution in [0.4, 0.5) is 0 Å². The lowest BCUT2D eigenvalue weighted by Crippen LogP contribution is -2.39. The quantitative estimate of drug-likeness (QED) is 0.522. The normalized spacial score (nSPS) is 10.3. The van der Waals surface area contributed by atoms with E-state index in [1.54, 1.807) is 31.4 Å². The van der Waals surface area contributed by atoms with Crippen LogP contribution in [0.25, 0.3) is 6.08 Å². The van der Waals surface area contributed by atoms with Crippen LogP contribution in [0.3, 0.4) is 0 Å². The van der Waals surface area contributed by atoms with Gasteiger partial charge < -0.3 is 9.47 Å². The molecule has 2 aromatic carbocycles. The Morgan fingerprint density at radius 3 is 2.64 bits per heavy atom. The van der Waals surface area contributed by atoms with Crippen molar-refractivity contribution in [2.24, 2.45) is 0 Å². The third-order valence-corrected chi connectivity index (χ3v) is 3.76. The molecule has 0 aliphatic rings. The number of benzene rings is 2. The summed E-state index contributed by atoms with van der Waals surface area (Å²) in [7, 11) is 1.58. The lowest BCUT2D eigenvalue weighted by Gasteiger charge is -2.11. The zero-order valence-corrected chi connectivity index (χ0v) is 15.4. The number of hydrogen-bond acceptors (Lipinski definition) is 4. The van der Waals surface area contributed by atoms with E-state index >= 15 is 0 Å². The molecule has 0 heterocycles. The highest BCUT2D eigenvalue weighted by Gasteiger charge is 2.06. The molecular weight excluding hydrogens is 384 g/mol. The number of amides is 1. The number of nitrogens with one attached hydrogen (secondary N) is 2. The number of hydrogen-bond donors (Lipinski definition) is 2. The van der Waals surface area contributed by atoms with Crippen LogP contribution in [-0.4, -0.2) is 19.6 Å². The van der Waals surface area contributed by atoms with Crippen molar-refractivity contribution in [3.63, 3.8) is 0 Å². The number of carbonyl (C=O) groups excluding carboxylic acids is 1. The molecule has 0 spiro atoms. The average molecular weight is 403 g/mol. The van der Waals surface area contributed by atoms with E-state index in [0.29, 0.717) is 21.7 Å². The molecule has 25 heavy (non-hydrogen) atoms. The van der Waals surface area contributed by atoms with Crippen molar-refractivity contribution in [3.8, 4) is 11.5 Å². The Kier molecular flexibility index (Phi) is 7.10. The van der Waals surface area contributed by atoms with Crippen molar-refractivity contribution in [1.82, 2.24) is 10.9 Å². The first-order valence-corrected chi connectivity index (χ1v) is 8.31. The van der Waals surface area contributed by atoms with Crippen LogP contribution in [0.15, 0.2) is 71.4 Å². The molecule has 0 aliphatic carbocycles. The zero-order valence-electron chi connectivity index (χ0n) is 13.8. The Morgan fingerprint density at radius 1 is 1.20 bits per heavy atom. The van der Waals surface area contributed by atoms with Crippen LogP contribution in [0.1, 0.15) is 5.56 Å². The number of halogens is 1. The topological polar surface area (TPSA) is 59.6 Å². The second kappa shape index (κ2) is 9.54. The van der Waals surface area contributed by atoms with Crippen LogP contribution >= 0.6 is 15.9 Å². The van der Waals surface area contributed by atoms with Gasteiger partial charge in [0.05, 0.1) is 11.6 Å². The maximum atomic E-state index is 11.8. The Morgan fingerprint density at radius 2 is 1.96 bits per heavy atom. The predicted octanol–water partition coefficient (Wildman–Crippen LogP) is 3.68. The van der Waals surface area contributed by atoms with Gasteiger partial charge in [0, 0.05) is 5.70 Å². The van der Waals surface area contributed by atoms with Gasteiger partial charge in [0.2, 0.25) is 0 Å². The van der Waals surface area contributed by atoms with Crippen molar-refractivity contribution < 1.29 is 14.3 Å². The SMILES string of the molecule is C=C(C=Cc1ccccc1)NNC(=O)COc1ccc(OC)cc1Br. The van der Waals surface area contributed by atoms with Crippen LogP contribution in [0, 0.1) is 0 Å². The summed E-state index contributed by atoms with van der Waals surface area (Å²) in [6.45, 7) is 3.69. The van der Waals surface area contributed by atoms with E-state index in [4.69, 9.17) is 9.47 Å². The van der Waals surface area contributed by atoms with Crippen molar-refractivity contribution in [1.29, 1.82) is 0 Å². The van der Waals surface area contributed by atoms with Crippen LogP contribution in [0.2, 0.25) is 0 Å². The van der Waals surface area contributed by atoms with Gasteiger partial charge in [-0.05, 0) is 45.8 Å². The fourth-order valence-corrected chi connectivity index (χ4v) is 2.33. The molecule has 2 rings (SSSR count). The lowest BCUT2D eigenvalue weighted by atomic mass is 10.2. The number of hydrazine groups is 1. The lowest BCUT2D eigenvalue weighted by molar-refractivity contribution is -0.123. The van der Waals surface area contributed by atoms with Gasteiger partial charge in [-0.2, -0.15) is 0 Å². The fourth-order valence-electron chi connectivity index (χ4n) is 1.86. The molecule has 0 fully saturated rings. The molecular formula is C19H19BrN2O3. The minimum Gasteiger partial charge on any atom is -0.497 e. The molecule has 0 radical (unpaired) electrons. The number of carbonyl (C=O) groups is 1. The minimum absolute atomic E-state index is 0.131. The number of methoxy groups -OCH3 is 1. The summed E-state index contributed by atoms with van der Waals surface area (Å²) >= 11 is 3.37. The van der Waals surface area contributed by atoms with E-state index < -0.39 is 0 Å². The molecule has 0 aromatic heterocycles. The van der Waals surface area contributed by atoms with Crippen molar-refractivity contribution in [3.05, 3.63) is 76.9 Å². The van der Waals surface area contributed by atoms with E-state index in [1.807, 2.05) is 36.4 Å².